The molecule has 112 valence electrons. The molecule has 3 heteroatoms. The molecule has 0 aliphatic rings. The minimum absolute atomic E-state index is 0.0267. The van der Waals surface area contributed by atoms with Gasteiger partial charge in [0.1, 0.15) is 0 Å². The van der Waals surface area contributed by atoms with E-state index in [1.807, 2.05) is 65.3 Å². The summed E-state index contributed by atoms with van der Waals surface area (Å²) >= 11 is 0. The summed E-state index contributed by atoms with van der Waals surface area (Å²) in [6.07, 6.45) is 3.04. The summed E-state index contributed by atoms with van der Waals surface area (Å²) in [5, 5.41) is 3.00. The standard InChI is InChI=1S/C19H20N2O/c1-2-3-14-17-18(15-10-6-4-7-11-15)19(22)20-21(17)16-12-8-5-9-13-16/h4-13H,2-3,14H2,1H3,(H,20,22). The van der Waals surface area contributed by atoms with Crippen LogP contribution in [0.2, 0.25) is 0 Å². The maximum atomic E-state index is 12.5. The number of unbranched alkanes of at least 4 members (excludes halogenated alkanes) is 1. The van der Waals surface area contributed by atoms with Gasteiger partial charge in [-0.2, -0.15) is 0 Å². The summed E-state index contributed by atoms with van der Waals surface area (Å²) in [4.78, 5) is 12.5. The maximum absolute atomic E-state index is 12.5. The number of para-hydroxylation sites is 1. The fourth-order valence-electron chi connectivity index (χ4n) is 2.75. The lowest BCUT2D eigenvalue weighted by Crippen LogP contribution is -2.05. The van der Waals surface area contributed by atoms with E-state index >= 15 is 0 Å². The fraction of sp³-hybridized carbons (Fsp3) is 0.211. The van der Waals surface area contributed by atoms with Crippen LogP contribution in [0.4, 0.5) is 0 Å². The van der Waals surface area contributed by atoms with Gasteiger partial charge in [0.2, 0.25) is 0 Å². The van der Waals surface area contributed by atoms with Gasteiger partial charge in [-0.05, 0) is 30.5 Å². The zero-order chi connectivity index (χ0) is 15.4. The van der Waals surface area contributed by atoms with Crippen LogP contribution in [0.3, 0.4) is 0 Å². The number of rotatable bonds is 5. The highest BCUT2D eigenvalue weighted by Gasteiger charge is 2.16. The largest absolute Gasteiger partial charge is 0.272 e. The Hall–Kier alpha value is -2.55. The van der Waals surface area contributed by atoms with Crippen molar-refractivity contribution in [3.63, 3.8) is 0 Å². The van der Waals surface area contributed by atoms with Crippen molar-refractivity contribution in [3.8, 4) is 16.8 Å². The van der Waals surface area contributed by atoms with Crippen LogP contribution in [-0.4, -0.2) is 9.78 Å². The first-order valence-electron chi connectivity index (χ1n) is 7.76. The monoisotopic (exact) mass is 292 g/mol. The van der Waals surface area contributed by atoms with Crippen molar-refractivity contribution in [1.82, 2.24) is 9.78 Å². The molecule has 3 nitrogen and oxygen atoms in total. The maximum Gasteiger partial charge on any atom is 0.272 e. The second kappa shape index (κ2) is 6.48. The zero-order valence-corrected chi connectivity index (χ0v) is 12.8. The first-order valence-corrected chi connectivity index (χ1v) is 7.76. The molecule has 0 spiro atoms. The minimum atomic E-state index is -0.0267. The van der Waals surface area contributed by atoms with E-state index in [1.54, 1.807) is 0 Å². The van der Waals surface area contributed by atoms with Gasteiger partial charge in [0, 0.05) is 0 Å². The highest BCUT2D eigenvalue weighted by molar-refractivity contribution is 5.66. The molecule has 1 N–H and O–H groups in total. The van der Waals surface area contributed by atoms with Crippen molar-refractivity contribution in [2.75, 3.05) is 0 Å². The Morgan fingerprint density at radius 2 is 1.59 bits per heavy atom. The van der Waals surface area contributed by atoms with Gasteiger partial charge in [-0.25, -0.2) is 0 Å². The quantitative estimate of drug-likeness (QED) is 0.753. The lowest BCUT2D eigenvalue weighted by molar-refractivity contribution is 0.727. The molecule has 0 aliphatic carbocycles. The molecular formula is C19H20N2O. The van der Waals surface area contributed by atoms with Gasteiger partial charge in [-0.15, -0.1) is 0 Å². The third-order valence-corrected chi connectivity index (χ3v) is 3.84. The molecule has 22 heavy (non-hydrogen) atoms. The minimum Gasteiger partial charge on any atom is -0.267 e. The molecule has 0 saturated heterocycles. The number of hydrogen-bond acceptors (Lipinski definition) is 1. The molecule has 1 heterocycles. The first-order chi connectivity index (χ1) is 10.8. The second-order valence-electron chi connectivity index (χ2n) is 5.40. The smallest absolute Gasteiger partial charge is 0.267 e. The zero-order valence-electron chi connectivity index (χ0n) is 12.8. The summed E-state index contributed by atoms with van der Waals surface area (Å²) in [5.74, 6) is 0. The van der Waals surface area contributed by atoms with Crippen LogP contribution in [0.1, 0.15) is 25.5 Å². The number of H-pyrrole nitrogens is 1. The molecular weight excluding hydrogens is 272 g/mol. The second-order valence-corrected chi connectivity index (χ2v) is 5.40. The Morgan fingerprint density at radius 1 is 0.955 bits per heavy atom. The van der Waals surface area contributed by atoms with E-state index in [4.69, 9.17) is 0 Å². The number of benzene rings is 2. The van der Waals surface area contributed by atoms with Crippen LogP contribution in [-0.2, 0) is 6.42 Å². The van der Waals surface area contributed by atoms with Crippen molar-refractivity contribution in [2.24, 2.45) is 0 Å². The number of aromatic amines is 1. The van der Waals surface area contributed by atoms with Gasteiger partial charge >= 0.3 is 0 Å². The summed E-state index contributed by atoms with van der Waals surface area (Å²) in [6, 6.07) is 19.9. The summed E-state index contributed by atoms with van der Waals surface area (Å²) < 4.78 is 1.93. The number of nitrogens with one attached hydrogen (secondary N) is 1. The van der Waals surface area contributed by atoms with Crippen LogP contribution in [0, 0.1) is 0 Å². The van der Waals surface area contributed by atoms with E-state index in [9.17, 15) is 4.79 Å². The van der Waals surface area contributed by atoms with E-state index in [1.165, 1.54) is 0 Å². The Kier molecular flexibility index (Phi) is 4.24. The molecule has 0 atom stereocenters. The third-order valence-electron chi connectivity index (χ3n) is 3.84. The average Bonchev–Trinajstić information content (AvgIpc) is 2.91. The van der Waals surface area contributed by atoms with Gasteiger partial charge < -0.3 is 0 Å². The van der Waals surface area contributed by atoms with Crippen molar-refractivity contribution >= 4 is 0 Å². The average molecular weight is 292 g/mol. The number of hydrogen-bond donors (Lipinski definition) is 1. The van der Waals surface area contributed by atoms with E-state index in [2.05, 4.69) is 12.0 Å². The molecule has 2 aromatic carbocycles. The summed E-state index contributed by atoms with van der Waals surface area (Å²) in [5.41, 5.74) is 3.79. The Balaban J connectivity index is 2.18. The lowest BCUT2D eigenvalue weighted by Gasteiger charge is -2.10. The number of aromatic nitrogens is 2. The summed E-state index contributed by atoms with van der Waals surface area (Å²) in [6.45, 7) is 2.17. The van der Waals surface area contributed by atoms with Crippen molar-refractivity contribution in [2.45, 2.75) is 26.2 Å². The molecule has 0 fully saturated rings. The molecule has 0 bridgehead atoms. The highest BCUT2D eigenvalue weighted by Crippen LogP contribution is 2.23. The number of nitrogens with zero attached hydrogens (tertiary/aromatic N) is 1. The molecule has 0 unspecified atom stereocenters. The lowest BCUT2D eigenvalue weighted by atomic mass is 10.0. The van der Waals surface area contributed by atoms with Crippen molar-refractivity contribution in [1.29, 1.82) is 0 Å². The van der Waals surface area contributed by atoms with E-state index in [0.29, 0.717) is 0 Å². The van der Waals surface area contributed by atoms with Gasteiger partial charge in [-0.3, -0.25) is 14.6 Å². The molecule has 0 aliphatic heterocycles. The first kappa shape index (κ1) is 14.4. The van der Waals surface area contributed by atoms with Gasteiger partial charge in [0.15, 0.2) is 0 Å². The fourth-order valence-corrected chi connectivity index (χ4v) is 2.75. The van der Waals surface area contributed by atoms with Crippen LogP contribution < -0.4 is 5.56 Å². The predicted molar refractivity (Wildman–Crippen MR) is 90.4 cm³/mol. The van der Waals surface area contributed by atoms with Crippen molar-refractivity contribution in [3.05, 3.63) is 76.7 Å². The Bertz CT molecular complexity index is 785. The molecule has 1 aromatic heterocycles. The normalized spacial score (nSPS) is 10.8. The van der Waals surface area contributed by atoms with E-state index in [0.717, 1.165) is 41.8 Å². The molecule has 0 amide bonds. The van der Waals surface area contributed by atoms with Crippen molar-refractivity contribution < 1.29 is 0 Å². The van der Waals surface area contributed by atoms with Gasteiger partial charge in [-0.1, -0.05) is 61.9 Å². The topological polar surface area (TPSA) is 37.8 Å². The Morgan fingerprint density at radius 3 is 2.23 bits per heavy atom. The van der Waals surface area contributed by atoms with Crippen LogP contribution in [0.25, 0.3) is 16.8 Å². The molecule has 3 aromatic rings. The predicted octanol–water partition coefficient (Wildman–Crippen LogP) is 4.18. The summed E-state index contributed by atoms with van der Waals surface area (Å²) in [7, 11) is 0. The molecule has 3 rings (SSSR count). The van der Waals surface area contributed by atoms with Crippen LogP contribution in [0.5, 0.6) is 0 Å². The van der Waals surface area contributed by atoms with E-state index in [-0.39, 0.29) is 5.56 Å². The van der Waals surface area contributed by atoms with Gasteiger partial charge in [0.05, 0.1) is 16.9 Å². The van der Waals surface area contributed by atoms with E-state index < -0.39 is 0 Å². The van der Waals surface area contributed by atoms with Gasteiger partial charge in [0.25, 0.3) is 5.56 Å². The SMILES string of the molecule is CCCCc1c(-c2ccccc2)c(=O)[nH]n1-c1ccccc1. The Labute approximate surface area is 130 Å². The van der Waals surface area contributed by atoms with Crippen LogP contribution >= 0.6 is 0 Å². The van der Waals surface area contributed by atoms with Crippen LogP contribution in [0.15, 0.2) is 65.5 Å². The molecule has 0 saturated carbocycles. The highest BCUT2D eigenvalue weighted by atomic mass is 16.1. The third kappa shape index (κ3) is 2.75. The molecule has 0 radical (unpaired) electrons.